The molecule has 2 atom stereocenters. The van der Waals surface area contributed by atoms with Crippen molar-refractivity contribution < 1.29 is 9.84 Å². The Morgan fingerprint density at radius 3 is 2.26 bits per heavy atom. The monoisotopic (exact) mass is 271 g/mol. The van der Waals surface area contributed by atoms with Crippen LogP contribution in [0, 0.1) is 5.92 Å². The van der Waals surface area contributed by atoms with Crippen molar-refractivity contribution in [1.82, 2.24) is 5.32 Å². The zero-order valence-corrected chi connectivity index (χ0v) is 13.2. The van der Waals surface area contributed by atoms with Crippen molar-refractivity contribution in [3.05, 3.63) is 0 Å². The minimum absolute atomic E-state index is 0.173. The maximum atomic E-state index is 9.93. The molecule has 2 N–H and O–H groups in total. The topological polar surface area (TPSA) is 41.5 Å². The summed E-state index contributed by atoms with van der Waals surface area (Å²) >= 11 is 0. The van der Waals surface area contributed by atoms with Crippen LogP contribution in [0.15, 0.2) is 0 Å². The molecular weight excluding hydrogens is 238 g/mol. The number of ether oxygens (including phenoxy) is 1. The van der Waals surface area contributed by atoms with Gasteiger partial charge in [-0.05, 0) is 46.5 Å². The highest BCUT2D eigenvalue weighted by atomic mass is 16.5. The van der Waals surface area contributed by atoms with Crippen LogP contribution in [0.4, 0.5) is 0 Å². The van der Waals surface area contributed by atoms with Crippen molar-refractivity contribution in [2.45, 2.75) is 84.0 Å². The van der Waals surface area contributed by atoms with E-state index in [0.717, 1.165) is 5.92 Å². The third-order valence-corrected chi connectivity index (χ3v) is 3.99. The number of hydrogen-bond donors (Lipinski definition) is 2. The molecule has 3 nitrogen and oxygen atoms in total. The van der Waals surface area contributed by atoms with Crippen molar-refractivity contribution in [3.63, 3.8) is 0 Å². The van der Waals surface area contributed by atoms with Crippen LogP contribution in [-0.4, -0.2) is 36.0 Å². The van der Waals surface area contributed by atoms with E-state index < -0.39 is 6.10 Å². The second kappa shape index (κ2) is 8.23. The summed E-state index contributed by atoms with van der Waals surface area (Å²) < 4.78 is 5.60. The van der Waals surface area contributed by atoms with Gasteiger partial charge in [-0.15, -0.1) is 0 Å². The third-order valence-electron chi connectivity index (χ3n) is 3.99. The molecule has 1 aliphatic rings. The molecule has 1 fully saturated rings. The van der Waals surface area contributed by atoms with E-state index in [1.807, 2.05) is 20.8 Å². The Balaban J connectivity index is 2.19. The fourth-order valence-corrected chi connectivity index (χ4v) is 2.70. The van der Waals surface area contributed by atoms with E-state index in [9.17, 15) is 5.11 Å². The van der Waals surface area contributed by atoms with Crippen molar-refractivity contribution in [3.8, 4) is 0 Å². The summed E-state index contributed by atoms with van der Waals surface area (Å²) in [5, 5.41) is 13.4. The molecule has 1 saturated carbocycles. The number of aliphatic hydroxyl groups is 1. The first kappa shape index (κ1) is 16.9. The summed E-state index contributed by atoms with van der Waals surface area (Å²) in [7, 11) is 0. The van der Waals surface area contributed by atoms with Crippen LogP contribution in [0.25, 0.3) is 0 Å². The molecule has 3 heteroatoms. The van der Waals surface area contributed by atoms with Crippen molar-refractivity contribution >= 4 is 0 Å². The Morgan fingerprint density at radius 1 is 1.16 bits per heavy atom. The lowest BCUT2D eigenvalue weighted by molar-refractivity contribution is -0.0486. The summed E-state index contributed by atoms with van der Waals surface area (Å²) in [6, 6.07) is 0.502. The van der Waals surface area contributed by atoms with Gasteiger partial charge in [-0.3, -0.25) is 0 Å². The van der Waals surface area contributed by atoms with Crippen LogP contribution in [0.2, 0.25) is 0 Å². The van der Waals surface area contributed by atoms with E-state index in [-0.39, 0.29) is 5.60 Å². The van der Waals surface area contributed by atoms with Gasteiger partial charge in [0, 0.05) is 12.6 Å². The molecule has 1 aliphatic carbocycles. The van der Waals surface area contributed by atoms with E-state index >= 15 is 0 Å². The van der Waals surface area contributed by atoms with Gasteiger partial charge in [-0.25, -0.2) is 0 Å². The normalized spacial score (nSPS) is 21.9. The van der Waals surface area contributed by atoms with Crippen molar-refractivity contribution in [2.24, 2.45) is 5.92 Å². The van der Waals surface area contributed by atoms with E-state index in [0.29, 0.717) is 19.2 Å². The Bertz CT molecular complexity index is 229. The van der Waals surface area contributed by atoms with Crippen molar-refractivity contribution in [2.75, 3.05) is 13.2 Å². The number of aliphatic hydroxyl groups excluding tert-OH is 1. The predicted octanol–water partition coefficient (Wildman–Crippen LogP) is 3.11. The summed E-state index contributed by atoms with van der Waals surface area (Å²) in [4.78, 5) is 0. The molecule has 0 aromatic rings. The lowest BCUT2D eigenvalue weighted by Crippen LogP contribution is -2.40. The summed E-state index contributed by atoms with van der Waals surface area (Å²) in [5.41, 5.74) is -0.173. The predicted molar refractivity (Wildman–Crippen MR) is 80.4 cm³/mol. The summed E-state index contributed by atoms with van der Waals surface area (Å²) in [6.45, 7) is 9.35. The standard InChI is InChI=1S/C16H33NO2/c1-13(14-9-7-5-6-8-10-14)17-11-15(18)12-19-16(2,3)4/h13-15,17-18H,5-12H2,1-4H3/t13-,15?/m0/s1. The van der Waals surface area contributed by atoms with Gasteiger partial charge in [0.2, 0.25) is 0 Å². The zero-order chi connectivity index (χ0) is 14.3. The second-order valence-corrected chi connectivity index (χ2v) is 7.03. The first-order valence-electron chi connectivity index (χ1n) is 7.94. The number of rotatable bonds is 6. The smallest absolute Gasteiger partial charge is 0.0898 e. The average molecular weight is 271 g/mol. The second-order valence-electron chi connectivity index (χ2n) is 7.03. The first-order chi connectivity index (χ1) is 8.88. The van der Waals surface area contributed by atoms with Crippen LogP contribution in [0.5, 0.6) is 0 Å². The Kier molecular flexibility index (Phi) is 7.33. The van der Waals surface area contributed by atoms with Crippen LogP contribution < -0.4 is 5.32 Å². The van der Waals surface area contributed by atoms with Gasteiger partial charge in [0.05, 0.1) is 18.3 Å². The Morgan fingerprint density at radius 2 is 1.74 bits per heavy atom. The quantitative estimate of drug-likeness (QED) is 0.729. The zero-order valence-electron chi connectivity index (χ0n) is 13.2. The molecule has 0 aliphatic heterocycles. The average Bonchev–Trinajstić information content (AvgIpc) is 2.61. The Hall–Kier alpha value is -0.120. The van der Waals surface area contributed by atoms with Gasteiger partial charge in [0.15, 0.2) is 0 Å². The molecule has 114 valence electrons. The summed E-state index contributed by atoms with van der Waals surface area (Å²) in [5.74, 6) is 0.776. The number of hydrogen-bond acceptors (Lipinski definition) is 3. The van der Waals surface area contributed by atoms with Gasteiger partial charge in [0.25, 0.3) is 0 Å². The number of nitrogens with one attached hydrogen (secondary N) is 1. The van der Waals surface area contributed by atoms with Crippen LogP contribution >= 0.6 is 0 Å². The van der Waals surface area contributed by atoms with Gasteiger partial charge in [-0.2, -0.15) is 0 Å². The van der Waals surface area contributed by atoms with Gasteiger partial charge in [-0.1, -0.05) is 25.7 Å². The minimum Gasteiger partial charge on any atom is -0.389 e. The fourth-order valence-electron chi connectivity index (χ4n) is 2.70. The largest absolute Gasteiger partial charge is 0.389 e. The molecule has 0 spiro atoms. The highest BCUT2D eigenvalue weighted by Crippen LogP contribution is 2.25. The van der Waals surface area contributed by atoms with Gasteiger partial charge < -0.3 is 15.2 Å². The van der Waals surface area contributed by atoms with E-state index in [4.69, 9.17) is 4.74 Å². The third kappa shape index (κ3) is 7.91. The van der Waals surface area contributed by atoms with E-state index in [1.165, 1.54) is 38.5 Å². The molecule has 1 rings (SSSR count). The Labute approximate surface area is 119 Å². The molecule has 0 radical (unpaired) electrons. The van der Waals surface area contributed by atoms with E-state index in [1.54, 1.807) is 0 Å². The highest BCUT2D eigenvalue weighted by Gasteiger charge is 2.20. The minimum atomic E-state index is -0.410. The lowest BCUT2D eigenvalue weighted by Gasteiger charge is -2.26. The summed E-state index contributed by atoms with van der Waals surface area (Å²) in [6.07, 6.45) is 7.79. The molecule has 0 amide bonds. The van der Waals surface area contributed by atoms with Gasteiger partial charge in [0.1, 0.15) is 0 Å². The maximum absolute atomic E-state index is 9.93. The molecule has 0 aromatic heterocycles. The lowest BCUT2D eigenvalue weighted by atomic mass is 9.93. The highest BCUT2D eigenvalue weighted by molar-refractivity contribution is 4.76. The molecule has 0 saturated heterocycles. The molecule has 1 unspecified atom stereocenters. The van der Waals surface area contributed by atoms with Crippen LogP contribution in [0.1, 0.15) is 66.2 Å². The fraction of sp³-hybridized carbons (Fsp3) is 1.00. The van der Waals surface area contributed by atoms with E-state index in [2.05, 4.69) is 12.2 Å². The van der Waals surface area contributed by atoms with Gasteiger partial charge >= 0.3 is 0 Å². The molecular formula is C16H33NO2. The molecule has 19 heavy (non-hydrogen) atoms. The SMILES string of the molecule is C[C@H](NCC(O)COC(C)(C)C)C1CCCCCC1. The first-order valence-corrected chi connectivity index (χ1v) is 7.94. The van der Waals surface area contributed by atoms with Crippen LogP contribution in [-0.2, 0) is 4.74 Å². The van der Waals surface area contributed by atoms with Crippen molar-refractivity contribution in [1.29, 1.82) is 0 Å². The molecule has 0 aromatic carbocycles. The molecule has 0 bridgehead atoms. The van der Waals surface area contributed by atoms with Crippen LogP contribution in [0.3, 0.4) is 0 Å². The maximum Gasteiger partial charge on any atom is 0.0898 e. The molecule has 0 heterocycles.